The first kappa shape index (κ1) is 20.7. The molecule has 0 N–H and O–H groups in total. The first-order valence-electron chi connectivity index (χ1n) is 11.1. The lowest BCUT2D eigenvalue weighted by atomic mass is 10.0. The SMILES string of the molecule is C(=C\c1nc2ccccc2s1)/c1ccc(-c2ccc(/C=C/c3nc4ccccc4s3)cc2)cc1. The number of para-hydroxylation sites is 2. The molecule has 4 aromatic carbocycles. The molecule has 0 radical (unpaired) electrons. The highest BCUT2D eigenvalue weighted by Crippen LogP contribution is 2.26. The first-order chi connectivity index (χ1) is 16.8. The van der Waals surface area contributed by atoms with Crippen molar-refractivity contribution in [3.05, 3.63) is 118 Å². The molecule has 4 heteroatoms. The maximum Gasteiger partial charge on any atom is 0.117 e. The van der Waals surface area contributed by atoms with Gasteiger partial charge in [-0.25, -0.2) is 9.97 Å². The van der Waals surface area contributed by atoms with Crippen molar-refractivity contribution >= 4 is 67.4 Å². The summed E-state index contributed by atoms with van der Waals surface area (Å²) in [6.45, 7) is 0. The molecule has 2 heterocycles. The number of fused-ring (bicyclic) bond motifs is 2. The third kappa shape index (κ3) is 4.46. The number of hydrogen-bond acceptors (Lipinski definition) is 4. The summed E-state index contributed by atoms with van der Waals surface area (Å²) in [6.07, 6.45) is 8.42. The van der Waals surface area contributed by atoms with Gasteiger partial charge < -0.3 is 0 Å². The normalized spacial score (nSPS) is 11.9. The van der Waals surface area contributed by atoms with E-state index in [1.807, 2.05) is 12.1 Å². The Hall–Kier alpha value is -3.86. The molecule has 2 aromatic heterocycles. The minimum absolute atomic E-state index is 1.03. The van der Waals surface area contributed by atoms with Gasteiger partial charge in [-0.05, 0) is 58.7 Å². The minimum atomic E-state index is 1.03. The van der Waals surface area contributed by atoms with Crippen LogP contribution in [0.25, 0.3) is 55.9 Å². The predicted octanol–water partition coefficient (Wildman–Crippen LogP) is 8.91. The maximum absolute atomic E-state index is 4.67. The van der Waals surface area contributed by atoms with Crippen LogP contribution in [0.1, 0.15) is 21.1 Å². The Morgan fingerprint density at radius 1 is 0.441 bits per heavy atom. The fourth-order valence-electron chi connectivity index (χ4n) is 3.83. The Morgan fingerprint density at radius 2 is 0.853 bits per heavy atom. The quantitative estimate of drug-likeness (QED) is 0.250. The number of thiazole rings is 2. The standard InChI is InChI=1S/C30H20N2S2/c1-3-7-27-25(5-1)31-29(33-27)19-13-21-9-15-23(16-10-21)24-17-11-22(12-18-24)14-20-30-32-26-6-2-4-8-28(26)34-30/h1-20H/b19-13+,20-14+. The molecule has 0 saturated heterocycles. The van der Waals surface area contributed by atoms with Crippen LogP contribution in [0.4, 0.5) is 0 Å². The summed E-state index contributed by atoms with van der Waals surface area (Å²) in [6, 6.07) is 33.8. The van der Waals surface area contributed by atoms with Crippen molar-refractivity contribution in [2.24, 2.45) is 0 Å². The van der Waals surface area contributed by atoms with E-state index in [4.69, 9.17) is 0 Å². The van der Waals surface area contributed by atoms with Gasteiger partial charge in [0.1, 0.15) is 10.0 Å². The van der Waals surface area contributed by atoms with Crippen LogP contribution in [0.15, 0.2) is 97.1 Å². The van der Waals surface area contributed by atoms with Crippen molar-refractivity contribution in [2.75, 3.05) is 0 Å². The van der Waals surface area contributed by atoms with Crippen LogP contribution in [0.2, 0.25) is 0 Å². The number of hydrogen-bond donors (Lipinski definition) is 0. The topological polar surface area (TPSA) is 25.8 Å². The van der Waals surface area contributed by atoms with Gasteiger partial charge in [-0.1, -0.05) is 84.9 Å². The zero-order valence-corrected chi connectivity index (χ0v) is 19.9. The number of aromatic nitrogens is 2. The summed E-state index contributed by atoms with van der Waals surface area (Å²) >= 11 is 3.43. The van der Waals surface area contributed by atoms with Gasteiger partial charge in [-0.3, -0.25) is 0 Å². The molecule has 0 aliphatic heterocycles. The number of nitrogens with zero attached hydrogens (tertiary/aromatic N) is 2. The molecule has 162 valence electrons. The average Bonchev–Trinajstić information content (AvgIpc) is 3.50. The van der Waals surface area contributed by atoms with Crippen LogP contribution in [0.5, 0.6) is 0 Å². The van der Waals surface area contributed by atoms with Gasteiger partial charge in [-0.15, -0.1) is 22.7 Å². The predicted molar refractivity (Wildman–Crippen MR) is 149 cm³/mol. The Labute approximate surface area is 206 Å². The lowest BCUT2D eigenvalue weighted by molar-refractivity contribution is 1.46. The monoisotopic (exact) mass is 472 g/mol. The van der Waals surface area contributed by atoms with Gasteiger partial charge >= 0.3 is 0 Å². The number of benzene rings is 4. The van der Waals surface area contributed by atoms with E-state index in [1.165, 1.54) is 31.7 Å². The van der Waals surface area contributed by atoms with Crippen LogP contribution in [0.3, 0.4) is 0 Å². The Morgan fingerprint density at radius 3 is 1.26 bits per heavy atom. The third-order valence-corrected chi connectivity index (χ3v) is 7.62. The highest BCUT2D eigenvalue weighted by molar-refractivity contribution is 7.19. The van der Waals surface area contributed by atoms with Crippen molar-refractivity contribution in [3.63, 3.8) is 0 Å². The van der Waals surface area contributed by atoms with E-state index >= 15 is 0 Å². The largest absolute Gasteiger partial charge is 0.237 e. The Bertz CT molecular complexity index is 1440. The first-order valence-corrected chi connectivity index (χ1v) is 12.7. The van der Waals surface area contributed by atoms with Gasteiger partial charge in [0.05, 0.1) is 20.4 Å². The summed E-state index contributed by atoms with van der Waals surface area (Å²) in [7, 11) is 0. The van der Waals surface area contributed by atoms with Crippen LogP contribution in [0, 0.1) is 0 Å². The van der Waals surface area contributed by atoms with Crippen molar-refractivity contribution in [1.29, 1.82) is 0 Å². The molecular weight excluding hydrogens is 452 g/mol. The fraction of sp³-hybridized carbons (Fsp3) is 0. The van der Waals surface area contributed by atoms with Gasteiger partial charge in [-0.2, -0.15) is 0 Å². The van der Waals surface area contributed by atoms with Gasteiger partial charge in [0.15, 0.2) is 0 Å². The molecule has 0 aliphatic carbocycles. The van der Waals surface area contributed by atoms with Gasteiger partial charge in [0, 0.05) is 0 Å². The molecule has 0 saturated carbocycles. The summed E-state index contributed by atoms with van der Waals surface area (Å²) < 4.78 is 2.44. The average molecular weight is 473 g/mol. The summed E-state index contributed by atoms with van der Waals surface area (Å²) in [5, 5.41) is 2.06. The molecule has 0 fully saturated rings. The second-order valence-electron chi connectivity index (χ2n) is 7.95. The fourth-order valence-corrected chi connectivity index (χ4v) is 5.57. The molecule has 34 heavy (non-hydrogen) atoms. The van der Waals surface area contributed by atoms with Crippen molar-refractivity contribution in [2.45, 2.75) is 0 Å². The van der Waals surface area contributed by atoms with Crippen molar-refractivity contribution in [3.8, 4) is 11.1 Å². The van der Waals surface area contributed by atoms with Crippen LogP contribution in [-0.4, -0.2) is 9.97 Å². The molecule has 6 rings (SSSR count). The number of rotatable bonds is 5. The molecule has 6 aromatic rings. The molecule has 0 bridgehead atoms. The minimum Gasteiger partial charge on any atom is -0.237 e. The lowest BCUT2D eigenvalue weighted by Crippen LogP contribution is -1.80. The van der Waals surface area contributed by atoms with E-state index < -0.39 is 0 Å². The highest BCUT2D eigenvalue weighted by Gasteiger charge is 2.02. The van der Waals surface area contributed by atoms with E-state index in [2.05, 4.69) is 119 Å². The van der Waals surface area contributed by atoms with Crippen molar-refractivity contribution < 1.29 is 0 Å². The summed E-state index contributed by atoms with van der Waals surface area (Å²) in [5.41, 5.74) is 6.86. The highest BCUT2D eigenvalue weighted by atomic mass is 32.1. The zero-order valence-electron chi connectivity index (χ0n) is 18.3. The third-order valence-electron chi connectivity index (χ3n) is 5.61. The van der Waals surface area contributed by atoms with E-state index in [0.717, 1.165) is 21.0 Å². The van der Waals surface area contributed by atoms with Gasteiger partial charge in [0.25, 0.3) is 0 Å². The zero-order chi connectivity index (χ0) is 22.7. The van der Waals surface area contributed by atoms with Crippen LogP contribution in [-0.2, 0) is 0 Å². The van der Waals surface area contributed by atoms with Crippen LogP contribution < -0.4 is 0 Å². The molecule has 0 unspecified atom stereocenters. The Kier molecular flexibility index (Phi) is 5.60. The maximum atomic E-state index is 4.67. The summed E-state index contributed by atoms with van der Waals surface area (Å²) in [5.74, 6) is 0. The van der Waals surface area contributed by atoms with E-state index in [-0.39, 0.29) is 0 Å². The molecular formula is C30H20N2S2. The second-order valence-corrected chi connectivity index (χ2v) is 10.1. The molecule has 2 nitrogen and oxygen atoms in total. The van der Waals surface area contributed by atoms with E-state index in [9.17, 15) is 0 Å². The van der Waals surface area contributed by atoms with Crippen LogP contribution >= 0.6 is 22.7 Å². The lowest BCUT2D eigenvalue weighted by Gasteiger charge is -2.03. The van der Waals surface area contributed by atoms with E-state index in [0.29, 0.717) is 0 Å². The summed E-state index contributed by atoms with van der Waals surface area (Å²) in [4.78, 5) is 9.34. The molecule has 0 amide bonds. The van der Waals surface area contributed by atoms with E-state index in [1.54, 1.807) is 22.7 Å². The molecule has 0 spiro atoms. The second kappa shape index (κ2) is 9.18. The van der Waals surface area contributed by atoms with Gasteiger partial charge in [0.2, 0.25) is 0 Å². The molecule has 0 aliphatic rings. The Balaban J connectivity index is 1.14. The van der Waals surface area contributed by atoms with Crippen molar-refractivity contribution in [1.82, 2.24) is 9.97 Å². The molecule has 0 atom stereocenters. The smallest absolute Gasteiger partial charge is 0.117 e.